The topological polar surface area (TPSA) is 12.0 Å². The van der Waals surface area contributed by atoms with Crippen LogP contribution >= 0.6 is 22.9 Å². The Bertz CT molecular complexity index is 519. The van der Waals surface area contributed by atoms with E-state index in [1.54, 1.807) is 0 Å². The lowest BCUT2D eigenvalue weighted by Gasteiger charge is -2.18. The van der Waals surface area contributed by atoms with Crippen molar-refractivity contribution < 1.29 is 0 Å². The number of benzene rings is 1. The predicted octanol–water partition coefficient (Wildman–Crippen LogP) is 4.33. The molecule has 0 aliphatic heterocycles. The second-order valence-electron chi connectivity index (χ2n) is 4.12. The van der Waals surface area contributed by atoms with Crippen molar-refractivity contribution in [2.75, 3.05) is 7.05 Å². The van der Waals surface area contributed by atoms with Gasteiger partial charge in [0.05, 0.1) is 6.04 Å². The normalized spacial score (nSPS) is 12.7. The lowest BCUT2D eigenvalue weighted by atomic mass is 10.0. The molecule has 1 aromatic heterocycles. The molecule has 90 valence electrons. The number of hydrogen-bond acceptors (Lipinski definition) is 2. The van der Waals surface area contributed by atoms with Crippen molar-refractivity contribution >= 4 is 22.9 Å². The van der Waals surface area contributed by atoms with Crippen LogP contribution in [-0.2, 0) is 0 Å². The molecule has 0 spiro atoms. The fourth-order valence-electron chi connectivity index (χ4n) is 2.00. The molecule has 1 N–H and O–H groups in total. The van der Waals surface area contributed by atoms with Gasteiger partial charge in [0.25, 0.3) is 0 Å². The standard InChI is InChI=1S/C14H16ClNS/c1-9-7-8-13(17-9)14(16-3)11-5-4-6-12(15)10(11)2/h4-8,14,16H,1-3H3. The summed E-state index contributed by atoms with van der Waals surface area (Å²) in [6.45, 7) is 4.20. The number of aryl methyl sites for hydroxylation is 1. The van der Waals surface area contributed by atoms with Crippen LogP contribution in [0.5, 0.6) is 0 Å². The summed E-state index contributed by atoms with van der Waals surface area (Å²) in [4.78, 5) is 2.66. The molecule has 0 radical (unpaired) electrons. The smallest absolute Gasteiger partial charge is 0.0671 e. The molecule has 1 unspecified atom stereocenters. The average molecular weight is 266 g/mol. The van der Waals surface area contributed by atoms with Crippen LogP contribution in [0.4, 0.5) is 0 Å². The van der Waals surface area contributed by atoms with E-state index in [0.29, 0.717) is 0 Å². The molecular formula is C14H16ClNS. The SMILES string of the molecule is CNC(c1ccc(C)s1)c1cccc(Cl)c1C. The van der Waals surface area contributed by atoms with Gasteiger partial charge in [-0.25, -0.2) is 0 Å². The average Bonchev–Trinajstić information content (AvgIpc) is 2.72. The maximum Gasteiger partial charge on any atom is 0.0671 e. The second-order valence-corrected chi connectivity index (χ2v) is 5.85. The molecule has 1 heterocycles. The van der Waals surface area contributed by atoms with Gasteiger partial charge in [-0.15, -0.1) is 11.3 Å². The van der Waals surface area contributed by atoms with Crippen LogP contribution in [0.2, 0.25) is 5.02 Å². The Hall–Kier alpha value is -0.830. The van der Waals surface area contributed by atoms with Crippen molar-refractivity contribution in [2.45, 2.75) is 19.9 Å². The fraction of sp³-hybridized carbons (Fsp3) is 0.286. The van der Waals surface area contributed by atoms with Crippen LogP contribution in [-0.4, -0.2) is 7.05 Å². The van der Waals surface area contributed by atoms with Gasteiger partial charge in [-0.3, -0.25) is 0 Å². The Morgan fingerprint density at radius 1 is 1.18 bits per heavy atom. The molecule has 2 aromatic rings. The van der Waals surface area contributed by atoms with Crippen molar-refractivity contribution in [2.24, 2.45) is 0 Å². The minimum absolute atomic E-state index is 0.229. The highest BCUT2D eigenvalue weighted by Gasteiger charge is 2.16. The zero-order valence-electron chi connectivity index (χ0n) is 10.3. The largest absolute Gasteiger partial charge is 0.309 e. The van der Waals surface area contributed by atoms with Crippen LogP contribution in [0.1, 0.15) is 26.9 Å². The molecule has 0 saturated carbocycles. The number of hydrogen-bond donors (Lipinski definition) is 1. The van der Waals surface area contributed by atoms with E-state index in [4.69, 9.17) is 11.6 Å². The molecule has 0 amide bonds. The van der Waals surface area contributed by atoms with Crippen molar-refractivity contribution in [1.82, 2.24) is 5.32 Å². The van der Waals surface area contributed by atoms with Gasteiger partial charge in [-0.05, 0) is 50.2 Å². The number of rotatable bonds is 3. The third-order valence-corrected chi connectivity index (χ3v) is 4.43. The van der Waals surface area contributed by atoms with Gasteiger partial charge in [-0.2, -0.15) is 0 Å². The first-order valence-electron chi connectivity index (χ1n) is 5.62. The second kappa shape index (κ2) is 5.21. The summed E-state index contributed by atoms with van der Waals surface area (Å²) >= 11 is 8.01. The quantitative estimate of drug-likeness (QED) is 0.871. The highest BCUT2D eigenvalue weighted by Crippen LogP contribution is 2.32. The van der Waals surface area contributed by atoms with Crippen LogP contribution in [0.25, 0.3) is 0 Å². The van der Waals surface area contributed by atoms with Crippen molar-refractivity contribution in [1.29, 1.82) is 0 Å². The number of nitrogens with one attached hydrogen (secondary N) is 1. The van der Waals surface area contributed by atoms with Gasteiger partial charge in [0.1, 0.15) is 0 Å². The molecule has 0 saturated heterocycles. The monoisotopic (exact) mass is 265 g/mol. The first-order valence-corrected chi connectivity index (χ1v) is 6.81. The summed E-state index contributed by atoms with van der Waals surface area (Å²) in [7, 11) is 1.99. The maximum absolute atomic E-state index is 6.18. The summed E-state index contributed by atoms with van der Waals surface area (Å²) in [5.74, 6) is 0. The molecule has 0 aliphatic carbocycles. The molecule has 1 atom stereocenters. The minimum Gasteiger partial charge on any atom is -0.309 e. The molecule has 17 heavy (non-hydrogen) atoms. The summed E-state index contributed by atoms with van der Waals surface area (Å²) in [5, 5.41) is 4.20. The van der Waals surface area contributed by atoms with E-state index in [-0.39, 0.29) is 6.04 Å². The van der Waals surface area contributed by atoms with E-state index in [9.17, 15) is 0 Å². The molecule has 0 aliphatic rings. The lowest BCUT2D eigenvalue weighted by molar-refractivity contribution is 0.699. The van der Waals surface area contributed by atoms with Gasteiger partial charge in [0.15, 0.2) is 0 Å². The Kier molecular flexibility index (Phi) is 3.87. The lowest BCUT2D eigenvalue weighted by Crippen LogP contribution is -2.17. The number of halogens is 1. The third-order valence-electron chi connectivity index (χ3n) is 2.95. The zero-order valence-corrected chi connectivity index (χ0v) is 11.8. The third kappa shape index (κ3) is 2.54. The fourth-order valence-corrected chi connectivity index (χ4v) is 3.18. The first-order chi connectivity index (χ1) is 8.13. The van der Waals surface area contributed by atoms with Gasteiger partial charge in [0.2, 0.25) is 0 Å². The molecule has 0 bridgehead atoms. The molecular weight excluding hydrogens is 250 g/mol. The van der Waals surface area contributed by atoms with Gasteiger partial charge in [-0.1, -0.05) is 23.7 Å². The predicted molar refractivity (Wildman–Crippen MR) is 76.1 cm³/mol. The van der Waals surface area contributed by atoms with E-state index in [0.717, 1.165) is 10.6 Å². The summed E-state index contributed by atoms with van der Waals surface area (Å²) < 4.78 is 0. The summed E-state index contributed by atoms with van der Waals surface area (Å²) in [5.41, 5.74) is 2.40. The van der Waals surface area contributed by atoms with E-state index >= 15 is 0 Å². The molecule has 2 rings (SSSR count). The zero-order chi connectivity index (χ0) is 12.4. The van der Waals surface area contributed by atoms with Crippen LogP contribution in [0, 0.1) is 13.8 Å². The van der Waals surface area contributed by atoms with E-state index in [1.165, 1.54) is 15.3 Å². The summed E-state index contributed by atoms with van der Waals surface area (Å²) in [6, 6.07) is 10.7. The van der Waals surface area contributed by atoms with Gasteiger partial charge >= 0.3 is 0 Å². The minimum atomic E-state index is 0.229. The van der Waals surface area contributed by atoms with Crippen LogP contribution < -0.4 is 5.32 Å². The Morgan fingerprint density at radius 3 is 2.53 bits per heavy atom. The van der Waals surface area contributed by atoms with Crippen molar-refractivity contribution in [3.05, 3.63) is 56.2 Å². The Balaban J connectivity index is 2.45. The molecule has 3 heteroatoms. The van der Waals surface area contributed by atoms with Gasteiger partial charge in [0, 0.05) is 14.8 Å². The highest BCUT2D eigenvalue weighted by molar-refractivity contribution is 7.12. The molecule has 1 nitrogen and oxygen atoms in total. The molecule has 0 fully saturated rings. The Morgan fingerprint density at radius 2 is 1.94 bits per heavy atom. The molecule has 1 aromatic carbocycles. The van der Waals surface area contributed by atoms with Crippen LogP contribution in [0.15, 0.2) is 30.3 Å². The van der Waals surface area contributed by atoms with E-state index in [2.05, 4.69) is 37.4 Å². The van der Waals surface area contributed by atoms with Crippen molar-refractivity contribution in [3.63, 3.8) is 0 Å². The number of thiophene rings is 1. The van der Waals surface area contributed by atoms with Gasteiger partial charge < -0.3 is 5.32 Å². The maximum atomic E-state index is 6.18. The summed E-state index contributed by atoms with van der Waals surface area (Å²) in [6.07, 6.45) is 0. The van der Waals surface area contributed by atoms with E-state index < -0.39 is 0 Å². The van der Waals surface area contributed by atoms with Crippen LogP contribution in [0.3, 0.4) is 0 Å². The first kappa shape index (κ1) is 12.6. The highest BCUT2D eigenvalue weighted by atomic mass is 35.5. The van der Waals surface area contributed by atoms with E-state index in [1.807, 2.05) is 30.5 Å². The Labute approximate surface area is 111 Å². The van der Waals surface area contributed by atoms with Crippen molar-refractivity contribution in [3.8, 4) is 0 Å².